The molecule has 1 N–H and O–H groups in total. The molecule has 0 amide bonds. The molecule has 1 aliphatic rings. The Kier molecular flexibility index (Phi) is 4.40. The number of hydrogen-bond acceptors (Lipinski definition) is 4. The molecule has 0 bridgehead atoms. The van der Waals surface area contributed by atoms with E-state index in [0.29, 0.717) is 15.7 Å². The lowest BCUT2D eigenvalue weighted by Crippen LogP contribution is -2.25. The van der Waals surface area contributed by atoms with Crippen molar-refractivity contribution in [3.05, 3.63) is 44.6 Å². The van der Waals surface area contributed by atoms with Crippen LogP contribution in [0.4, 0.5) is 5.69 Å². The van der Waals surface area contributed by atoms with Gasteiger partial charge in [0.2, 0.25) is 0 Å². The first-order valence-electron chi connectivity index (χ1n) is 6.99. The molecule has 1 aliphatic heterocycles. The molecule has 0 fully saturated rings. The molecule has 23 heavy (non-hydrogen) atoms. The Balaban J connectivity index is 2.11. The van der Waals surface area contributed by atoms with Crippen LogP contribution in [0.25, 0.3) is 0 Å². The second-order valence-electron chi connectivity index (χ2n) is 5.49. The predicted molar refractivity (Wildman–Crippen MR) is 98.4 cm³/mol. The predicted octanol–water partition coefficient (Wildman–Crippen LogP) is 2.95. The summed E-state index contributed by atoms with van der Waals surface area (Å²) in [6.07, 6.45) is 0. The van der Waals surface area contributed by atoms with Gasteiger partial charge in [0.05, 0.1) is 16.8 Å². The van der Waals surface area contributed by atoms with Crippen LogP contribution in [0.3, 0.4) is 0 Å². The summed E-state index contributed by atoms with van der Waals surface area (Å²) in [5, 5.41) is 18.5. The second-order valence-corrected chi connectivity index (χ2v) is 7.28. The van der Waals surface area contributed by atoms with Crippen molar-refractivity contribution in [3.8, 4) is 0 Å². The number of carboxylic acids is 1. The van der Waals surface area contributed by atoms with Crippen LogP contribution in [0.2, 0.25) is 10.0 Å². The summed E-state index contributed by atoms with van der Waals surface area (Å²) in [6.45, 7) is 1.87. The van der Waals surface area contributed by atoms with Gasteiger partial charge in [0.25, 0.3) is 0 Å². The lowest BCUT2D eigenvalue weighted by Gasteiger charge is -2.26. The van der Waals surface area contributed by atoms with Crippen LogP contribution in [0, 0.1) is 5.92 Å². The summed E-state index contributed by atoms with van der Waals surface area (Å²) in [5.74, 6) is -1.26. The molecule has 0 aliphatic carbocycles. The average Bonchev–Trinajstić information content (AvgIpc) is 3.02. The van der Waals surface area contributed by atoms with Gasteiger partial charge in [-0.3, -0.25) is 5.01 Å². The van der Waals surface area contributed by atoms with Crippen LogP contribution in [0.1, 0.15) is 17.8 Å². The van der Waals surface area contributed by atoms with Crippen LogP contribution < -0.4 is 10.5 Å². The van der Waals surface area contributed by atoms with Gasteiger partial charge in [-0.1, -0.05) is 41.7 Å². The standard InChI is InChI=1S/C15H13BCl2N2O2S/c1-7-13(15(21)22)19-20(11-3-2-9(17)5-10(11)18)14(7)12-4-8(16)6-23-12/h2-7,14H,16H2,1H3,(H,21,22)/t7-,14-/m0/s1. The Hall–Kier alpha value is -1.50. The van der Waals surface area contributed by atoms with E-state index in [9.17, 15) is 9.90 Å². The first kappa shape index (κ1) is 16.4. The summed E-state index contributed by atoms with van der Waals surface area (Å²) in [4.78, 5) is 12.6. The third-order valence-electron chi connectivity index (χ3n) is 3.80. The Morgan fingerprint density at radius 1 is 1.39 bits per heavy atom. The summed E-state index contributed by atoms with van der Waals surface area (Å²) >= 11 is 13.9. The van der Waals surface area contributed by atoms with E-state index < -0.39 is 5.97 Å². The van der Waals surface area contributed by atoms with E-state index in [-0.39, 0.29) is 17.7 Å². The quantitative estimate of drug-likeness (QED) is 0.849. The molecule has 0 radical (unpaired) electrons. The van der Waals surface area contributed by atoms with Crippen molar-refractivity contribution in [2.24, 2.45) is 11.0 Å². The third kappa shape index (κ3) is 2.98. The van der Waals surface area contributed by atoms with E-state index in [1.165, 1.54) is 0 Å². The minimum absolute atomic E-state index is 0.132. The van der Waals surface area contributed by atoms with Crippen molar-refractivity contribution in [2.45, 2.75) is 13.0 Å². The van der Waals surface area contributed by atoms with Gasteiger partial charge in [0.15, 0.2) is 5.71 Å². The van der Waals surface area contributed by atoms with Gasteiger partial charge >= 0.3 is 5.97 Å². The largest absolute Gasteiger partial charge is 0.477 e. The number of nitrogens with zero attached hydrogens (tertiary/aromatic N) is 2. The maximum absolute atomic E-state index is 11.5. The molecule has 8 heteroatoms. The SMILES string of the molecule is Bc1csc([C@@H]2[C@@H](C)C(C(=O)O)=NN2c2ccc(Cl)cc2Cl)c1. The average molecular weight is 367 g/mol. The molecule has 4 nitrogen and oxygen atoms in total. The zero-order valence-electron chi connectivity index (χ0n) is 12.5. The fourth-order valence-electron chi connectivity index (χ4n) is 2.71. The molecule has 2 atom stereocenters. The lowest BCUT2D eigenvalue weighted by molar-refractivity contribution is -0.129. The number of thiophene rings is 1. The van der Waals surface area contributed by atoms with E-state index in [4.69, 9.17) is 23.2 Å². The van der Waals surface area contributed by atoms with Gasteiger partial charge in [-0.15, -0.1) is 11.3 Å². The molecule has 1 aromatic heterocycles. The smallest absolute Gasteiger partial charge is 0.352 e. The van der Waals surface area contributed by atoms with Gasteiger partial charge in [0, 0.05) is 15.8 Å². The fraction of sp³-hybridized carbons (Fsp3) is 0.200. The van der Waals surface area contributed by atoms with E-state index in [1.54, 1.807) is 34.5 Å². The lowest BCUT2D eigenvalue weighted by atomic mass is 9.93. The number of halogens is 2. The summed E-state index contributed by atoms with van der Waals surface area (Å²) in [5.41, 5.74) is 1.92. The number of carbonyl (C=O) groups is 1. The number of anilines is 1. The Labute approximate surface area is 148 Å². The highest BCUT2D eigenvalue weighted by Gasteiger charge is 2.40. The van der Waals surface area contributed by atoms with Crippen LogP contribution in [0.15, 0.2) is 34.7 Å². The first-order valence-corrected chi connectivity index (χ1v) is 8.63. The number of carboxylic acid groups (broad SMARTS) is 1. The topological polar surface area (TPSA) is 52.9 Å². The molecule has 0 spiro atoms. The molecule has 118 valence electrons. The zero-order valence-corrected chi connectivity index (χ0v) is 14.8. The maximum Gasteiger partial charge on any atom is 0.352 e. The highest BCUT2D eigenvalue weighted by molar-refractivity contribution is 7.11. The molecule has 2 aromatic rings. The van der Waals surface area contributed by atoms with E-state index in [1.807, 2.05) is 20.2 Å². The van der Waals surface area contributed by atoms with Crippen molar-refractivity contribution in [2.75, 3.05) is 5.01 Å². The molecule has 2 heterocycles. The maximum atomic E-state index is 11.5. The molecule has 0 saturated heterocycles. The van der Waals surface area contributed by atoms with Gasteiger partial charge in [-0.2, -0.15) is 5.10 Å². The summed E-state index contributed by atoms with van der Waals surface area (Å²) in [7, 11) is 2.01. The number of hydrazone groups is 1. The van der Waals surface area contributed by atoms with Gasteiger partial charge in [0.1, 0.15) is 7.85 Å². The summed E-state index contributed by atoms with van der Waals surface area (Å²) < 4.78 is 0. The number of hydrogen-bond donors (Lipinski definition) is 1. The fourth-order valence-corrected chi connectivity index (χ4v) is 4.30. The Bertz CT molecular complexity index is 809. The first-order chi connectivity index (χ1) is 10.9. The van der Waals surface area contributed by atoms with Crippen molar-refractivity contribution < 1.29 is 9.90 Å². The molecule has 3 rings (SSSR count). The molecular formula is C15H13BCl2N2O2S. The zero-order chi connectivity index (χ0) is 16.7. The van der Waals surface area contributed by atoms with Crippen molar-refractivity contribution in [3.63, 3.8) is 0 Å². The number of aliphatic carboxylic acids is 1. The summed E-state index contributed by atoms with van der Waals surface area (Å²) in [6, 6.07) is 6.98. The van der Waals surface area contributed by atoms with Crippen molar-refractivity contribution >= 4 is 65.2 Å². The number of benzene rings is 1. The number of rotatable bonds is 3. The minimum Gasteiger partial charge on any atom is -0.477 e. The van der Waals surface area contributed by atoms with Crippen LogP contribution in [-0.2, 0) is 4.79 Å². The monoisotopic (exact) mass is 366 g/mol. The molecular weight excluding hydrogens is 354 g/mol. The molecule has 1 aromatic carbocycles. The Morgan fingerprint density at radius 3 is 2.70 bits per heavy atom. The second kappa shape index (κ2) is 6.19. The third-order valence-corrected chi connectivity index (χ3v) is 5.46. The van der Waals surface area contributed by atoms with E-state index >= 15 is 0 Å². The van der Waals surface area contributed by atoms with Crippen LogP contribution in [-0.4, -0.2) is 24.6 Å². The normalized spacial score (nSPS) is 20.7. The van der Waals surface area contributed by atoms with E-state index in [2.05, 4.69) is 11.2 Å². The van der Waals surface area contributed by atoms with Crippen LogP contribution >= 0.6 is 34.5 Å². The van der Waals surface area contributed by atoms with Crippen LogP contribution in [0.5, 0.6) is 0 Å². The van der Waals surface area contributed by atoms with Crippen molar-refractivity contribution in [1.82, 2.24) is 0 Å². The highest BCUT2D eigenvalue weighted by Crippen LogP contribution is 2.43. The minimum atomic E-state index is -1.01. The van der Waals surface area contributed by atoms with Gasteiger partial charge < -0.3 is 5.11 Å². The Morgan fingerprint density at radius 2 is 2.13 bits per heavy atom. The van der Waals surface area contributed by atoms with Gasteiger partial charge in [-0.25, -0.2) is 4.79 Å². The van der Waals surface area contributed by atoms with Crippen molar-refractivity contribution in [1.29, 1.82) is 0 Å². The highest BCUT2D eigenvalue weighted by atomic mass is 35.5. The van der Waals surface area contributed by atoms with Gasteiger partial charge in [-0.05, 0) is 23.6 Å². The van der Waals surface area contributed by atoms with E-state index in [0.717, 1.165) is 10.3 Å². The molecule has 0 saturated carbocycles. The molecule has 0 unspecified atom stereocenters.